The van der Waals surface area contributed by atoms with Crippen molar-refractivity contribution in [3.63, 3.8) is 0 Å². The van der Waals surface area contributed by atoms with Gasteiger partial charge in [0.2, 0.25) is 0 Å². The van der Waals surface area contributed by atoms with E-state index in [0.29, 0.717) is 18.2 Å². The second-order valence-corrected chi connectivity index (χ2v) is 7.47. The zero-order valence-corrected chi connectivity index (χ0v) is 17.1. The summed E-state index contributed by atoms with van der Waals surface area (Å²) in [7, 11) is 1.39. The van der Waals surface area contributed by atoms with E-state index in [9.17, 15) is 9.18 Å². The quantitative estimate of drug-likeness (QED) is 0.641. The predicted molar refractivity (Wildman–Crippen MR) is 111 cm³/mol. The smallest absolute Gasteiger partial charge is 0.306 e. The summed E-state index contributed by atoms with van der Waals surface area (Å²) < 4.78 is 18.1. The summed E-state index contributed by atoms with van der Waals surface area (Å²) in [5, 5.41) is 0. The van der Waals surface area contributed by atoms with E-state index in [2.05, 4.69) is 18.7 Å². The maximum absolute atomic E-state index is 13.2. The van der Waals surface area contributed by atoms with Gasteiger partial charge in [-0.3, -0.25) is 4.79 Å². The van der Waals surface area contributed by atoms with Crippen molar-refractivity contribution in [1.29, 1.82) is 0 Å². The highest BCUT2D eigenvalue weighted by atomic mass is 19.1. The van der Waals surface area contributed by atoms with Crippen LogP contribution in [-0.4, -0.2) is 24.6 Å². The topological polar surface area (TPSA) is 68.5 Å². The van der Waals surface area contributed by atoms with Gasteiger partial charge >= 0.3 is 5.97 Å². The van der Waals surface area contributed by atoms with Gasteiger partial charge in [-0.1, -0.05) is 32.9 Å². The number of rotatable bonds is 9. The fourth-order valence-electron chi connectivity index (χ4n) is 3.16. The maximum atomic E-state index is 13.2. The molecule has 0 bridgehead atoms. The average Bonchev–Trinajstić information content (AvgIpc) is 2.66. The van der Waals surface area contributed by atoms with Gasteiger partial charge in [0.15, 0.2) is 0 Å². The van der Waals surface area contributed by atoms with Crippen molar-refractivity contribution in [2.24, 2.45) is 5.92 Å². The van der Waals surface area contributed by atoms with Gasteiger partial charge in [-0.2, -0.15) is 0 Å². The predicted octanol–water partition coefficient (Wildman–Crippen LogP) is 4.52. The fourth-order valence-corrected chi connectivity index (χ4v) is 3.16. The highest BCUT2D eigenvalue weighted by Gasteiger charge is 2.19. The molecule has 1 aromatic heterocycles. The van der Waals surface area contributed by atoms with Crippen LogP contribution in [0.15, 0.2) is 36.4 Å². The summed E-state index contributed by atoms with van der Waals surface area (Å²) in [6.45, 7) is 7.67. The molecule has 0 amide bonds. The van der Waals surface area contributed by atoms with E-state index in [1.165, 1.54) is 19.2 Å². The Hall–Kier alpha value is -2.63. The molecule has 5 nitrogen and oxygen atoms in total. The minimum atomic E-state index is -0.261. The molecule has 0 aliphatic rings. The van der Waals surface area contributed by atoms with Crippen molar-refractivity contribution in [3.05, 3.63) is 53.5 Å². The molecular formula is C22H30FN3O2. The van der Waals surface area contributed by atoms with Crippen LogP contribution in [0, 0.1) is 11.7 Å². The van der Waals surface area contributed by atoms with Gasteiger partial charge < -0.3 is 15.4 Å². The highest BCUT2D eigenvalue weighted by molar-refractivity contribution is 5.70. The molecule has 1 aromatic carbocycles. The third-order valence-corrected chi connectivity index (χ3v) is 4.60. The number of hydrogen-bond acceptors (Lipinski definition) is 5. The normalized spacial score (nSPS) is 12.1. The Balaban J connectivity index is 2.34. The number of benzene rings is 1. The van der Waals surface area contributed by atoms with Crippen molar-refractivity contribution in [1.82, 2.24) is 4.98 Å². The maximum Gasteiger partial charge on any atom is 0.306 e. The van der Waals surface area contributed by atoms with Crippen LogP contribution in [0.4, 0.5) is 15.9 Å². The van der Waals surface area contributed by atoms with Crippen molar-refractivity contribution in [3.8, 4) is 0 Å². The van der Waals surface area contributed by atoms with Crippen molar-refractivity contribution < 1.29 is 13.9 Å². The van der Waals surface area contributed by atoms with E-state index in [1.54, 1.807) is 12.1 Å². The van der Waals surface area contributed by atoms with Gasteiger partial charge in [0, 0.05) is 36.5 Å². The Kier molecular flexibility index (Phi) is 7.79. The number of methoxy groups -OCH3 is 1. The number of nitrogen functional groups attached to an aromatic ring is 1. The molecule has 1 atom stereocenters. The van der Waals surface area contributed by atoms with E-state index in [-0.39, 0.29) is 24.1 Å². The Labute approximate surface area is 166 Å². The summed E-state index contributed by atoms with van der Waals surface area (Å²) in [6, 6.07) is 10.2. The van der Waals surface area contributed by atoms with E-state index >= 15 is 0 Å². The van der Waals surface area contributed by atoms with Crippen molar-refractivity contribution in [2.45, 2.75) is 46.1 Å². The zero-order chi connectivity index (χ0) is 20.7. The van der Waals surface area contributed by atoms with Gasteiger partial charge in [-0.15, -0.1) is 0 Å². The first-order valence-corrected chi connectivity index (χ1v) is 9.66. The molecule has 0 saturated carbocycles. The number of hydrogen-bond donors (Lipinski definition) is 1. The molecule has 0 aliphatic heterocycles. The number of aromatic nitrogens is 1. The highest BCUT2D eigenvalue weighted by Crippen LogP contribution is 2.28. The van der Waals surface area contributed by atoms with Crippen LogP contribution in [0.3, 0.4) is 0 Å². The number of carbonyl (C=O) groups is 1. The number of esters is 1. The molecule has 2 aromatic rings. The summed E-state index contributed by atoms with van der Waals surface area (Å²) in [5.41, 5.74) is 8.55. The molecule has 28 heavy (non-hydrogen) atoms. The summed E-state index contributed by atoms with van der Waals surface area (Å²) in [6.07, 6.45) is 1.03. The molecule has 1 unspecified atom stereocenters. The molecule has 0 fully saturated rings. The van der Waals surface area contributed by atoms with Crippen LogP contribution in [0.5, 0.6) is 0 Å². The summed E-state index contributed by atoms with van der Waals surface area (Å²) in [5.74, 6) is 0.599. The number of nitrogens with zero attached hydrogens (tertiary/aromatic N) is 2. The molecule has 0 aliphatic carbocycles. The largest absolute Gasteiger partial charge is 0.469 e. The first kappa shape index (κ1) is 21.7. The van der Waals surface area contributed by atoms with Crippen LogP contribution >= 0.6 is 0 Å². The Morgan fingerprint density at radius 1 is 1.25 bits per heavy atom. The van der Waals surface area contributed by atoms with Gasteiger partial charge in [0.05, 0.1) is 13.5 Å². The Bertz CT molecular complexity index is 778. The molecule has 0 spiro atoms. The molecule has 6 heteroatoms. The lowest BCUT2D eigenvalue weighted by Gasteiger charge is -2.27. The number of halogens is 1. The Morgan fingerprint density at radius 3 is 2.50 bits per heavy atom. The molecule has 1 heterocycles. The van der Waals surface area contributed by atoms with E-state index in [4.69, 9.17) is 15.5 Å². The first-order valence-electron chi connectivity index (χ1n) is 9.66. The van der Waals surface area contributed by atoms with Crippen LogP contribution in [0.25, 0.3) is 0 Å². The van der Waals surface area contributed by atoms with Crippen LogP contribution in [0.1, 0.15) is 50.8 Å². The third-order valence-electron chi connectivity index (χ3n) is 4.60. The van der Waals surface area contributed by atoms with Crippen LogP contribution < -0.4 is 10.6 Å². The molecule has 2 rings (SSSR count). The lowest BCUT2D eigenvalue weighted by Crippen LogP contribution is -2.28. The Morgan fingerprint density at radius 2 is 1.93 bits per heavy atom. The number of nitrogens with two attached hydrogens (primary N) is 1. The molecule has 152 valence electrons. The lowest BCUT2D eigenvalue weighted by atomic mass is 9.97. The van der Waals surface area contributed by atoms with Crippen LogP contribution in [0.2, 0.25) is 0 Å². The van der Waals surface area contributed by atoms with Gasteiger partial charge in [-0.25, -0.2) is 9.37 Å². The SMILES string of the molecule is CCC(CC(=O)OC)c1cc(N)cc(N(Cc2ccc(F)cc2)CC(C)C)n1. The van der Waals surface area contributed by atoms with Gasteiger partial charge in [0.1, 0.15) is 11.6 Å². The first-order chi connectivity index (χ1) is 13.3. The van der Waals surface area contributed by atoms with E-state index < -0.39 is 0 Å². The summed E-state index contributed by atoms with van der Waals surface area (Å²) >= 11 is 0. The van der Waals surface area contributed by atoms with Crippen molar-refractivity contribution >= 4 is 17.5 Å². The van der Waals surface area contributed by atoms with Gasteiger partial charge in [-0.05, 0) is 36.1 Å². The zero-order valence-electron chi connectivity index (χ0n) is 17.1. The second kappa shape index (κ2) is 10.1. The number of ether oxygens (including phenoxy) is 1. The fraction of sp³-hybridized carbons (Fsp3) is 0.455. The molecular weight excluding hydrogens is 357 g/mol. The molecule has 0 saturated heterocycles. The minimum Gasteiger partial charge on any atom is -0.469 e. The monoisotopic (exact) mass is 387 g/mol. The van der Waals surface area contributed by atoms with E-state index in [1.807, 2.05) is 19.1 Å². The standard InChI is InChI=1S/C22H30FN3O2/c1-5-17(10-22(27)28-4)20-11-19(24)12-21(25-20)26(13-15(2)3)14-16-6-8-18(23)9-7-16/h6-9,11-12,15,17H,5,10,13-14H2,1-4H3,(H2,24,25). The lowest BCUT2D eigenvalue weighted by molar-refractivity contribution is -0.141. The third kappa shape index (κ3) is 6.22. The number of pyridine rings is 1. The van der Waals surface area contributed by atoms with Crippen LogP contribution in [-0.2, 0) is 16.1 Å². The van der Waals surface area contributed by atoms with Gasteiger partial charge in [0.25, 0.3) is 0 Å². The van der Waals surface area contributed by atoms with E-state index in [0.717, 1.165) is 30.0 Å². The minimum absolute atomic E-state index is 0.0542. The van der Waals surface area contributed by atoms with Crippen molar-refractivity contribution in [2.75, 3.05) is 24.3 Å². The second-order valence-electron chi connectivity index (χ2n) is 7.47. The molecule has 0 radical (unpaired) electrons. The number of carbonyl (C=O) groups excluding carboxylic acids is 1. The average molecular weight is 387 g/mol. The number of anilines is 2. The molecule has 2 N–H and O–H groups in total. The summed E-state index contributed by atoms with van der Waals surface area (Å²) in [4.78, 5) is 18.7.